The zero-order valence-electron chi connectivity index (χ0n) is 9.01. The highest BCUT2D eigenvalue weighted by Gasteiger charge is 2.26. The molecule has 0 radical (unpaired) electrons. The van der Waals surface area contributed by atoms with Crippen LogP contribution < -0.4 is 5.32 Å². The maximum Gasteiger partial charge on any atom is 0.0590 e. The third kappa shape index (κ3) is 5.27. The molecule has 1 unspecified atom stereocenters. The van der Waals surface area contributed by atoms with Crippen LogP contribution in [0.3, 0.4) is 0 Å². The fourth-order valence-electron chi connectivity index (χ4n) is 1.47. The molecule has 13 heavy (non-hydrogen) atoms. The van der Waals surface area contributed by atoms with E-state index < -0.39 is 0 Å². The van der Waals surface area contributed by atoms with Crippen LogP contribution in [0.2, 0.25) is 0 Å². The van der Waals surface area contributed by atoms with E-state index in [4.69, 9.17) is 4.74 Å². The molecule has 1 atom stereocenters. The van der Waals surface area contributed by atoms with Crippen molar-refractivity contribution in [3.05, 3.63) is 0 Å². The summed E-state index contributed by atoms with van der Waals surface area (Å²) in [7, 11) is 0. The summed E-state index contributed by atoms with van der Waals surface area (Å²) in [6, 6.07) is 0.703. The summed E-state index contributed by atoms with van der Waals surface area (Å²) < 4.78 is 5.46. The molecule has 1 fully saturated rings. The summed E-state index contributed by atoms with van der Waals surface area (Å²) in [5.74, 6) is 0.954. The van der Waals surface area contributed by atoms with Crippen molar-refractivity contribution in [1.29, 1.82) is 0 Å². The van der Waals surface area contributed by atoms with E-state index in [1.165, 1.54) is 25.7 Å². The van der Waals surface area contributed by atoms with E-state index in [0.717, 1.165) is 25.7 Å². The quantitative estimate of drug-likeness (QED) is 0.585. The van der Waals surface area contributed by atoms with Gasteiger partial charge in [0.05, 0.1) is 6.61 Å². The van der Waals surface area contributed by atoms with Gasteiger partial charge in [-0.25, -0.2) is 0 Å². The van der Waals surface area contributed by atoms with Gasteiger partial charge in [0.2, 0.25) is 0 Å². The van der Waals surface area contributed by atoms with Crippen molar-refractivity contribution in [2.75, 3.05) is 19.8 Å². The van der Waals surface area contributed by atoms with Crippen LogP contribution in [-0.4, -0.2) is 25.8 Å². The van der Waals surface area contributed by atoms with Crippen molar-refractivity contribution < 1.29 is 4.74 Å². The van der Waals surface area contributed by atoms with Crippen LogP contribution in [0.4, 0.5) is 0 Å². The molecule has 0 aromatic carbocycles. The first kappa shape index (κ1) is 11.0. The molecule has 1 aliphatic rings. The molecule has 0 heterocycles. The highest BCUT2D eigenvalue weighted by molar-refractivity contribution is 4.82. The number of hydrogen-bond acceptors (Lipinski definition) is 2. The molecular formula is C11H23NO. The Bertz CT molecular complexity index is 123. The van der Waals surface area contributed by atoms with Crippen LogP contribution in [0.25, 0.3) is 0 Å². The molecular weight excluding hydrogens is 162 g/mol. The Morgan fingerprint density at radius 3 is 2.77 bits per heavy atom. The number of hydrogen-bond donors (Lipinski definition) is 1. The maximum absolute atomic E-state index is 5.46. The third-order valence-electron chi connectivity index (χ3n) is 2.68. The van der Waals surface area contributed by atoms with Gasteiger partial charge in [-0.15, -0.1) is 0 Å². The minimum atomic E-state index is 0.703. The Kier molecular flexibility index (Phi) is 5.40. The summed E-state index contributed by atoms with van der Waals surface area (Å²) in [6.45, 7) is 7.29. The lowest BCUT2D eigenvalue weighted by Gasteiger charge is -2.12. The minimum Gasteiger partial charge on any atom is -0.380 e. The standard InChI is InChI=1S/C11H23NO/c1-3-4-8-13-9-7-12-10(2)11-5-6-11/h10-12H,3-9H2,1-2H3. The molecule has 1 N–H and O–H groups in total. The van der Waals surface area contributed by atoms with E-state index in [-0.39, 0.29) is 0 Å². The molecule has 0 bridgehead atoms. The smallest absolute Gasteiger partial charge is 0.0590 e. The van der Waals surface area contributed by atoms with Crippen molar-refractivity contribution in [2.45, 2.75) is 45.6 Å². The summed E-state index contributed by atoms with van der Waals surface area (Å²) in [4.78, 5) is 0. The number of unbranched alkanes of at least 4 members (excludes halogenated alkanes) is 1. The van der Waals surface area contributed by atoms with Gasteiger partial charge in [-0.1, -0.05) is 13.3 Å². The van der Waals surface area contributed by atoms with Gasteiger partial charge in [-0.3, -0.25) is 0 Å². The monoisotopic (exact) mass is 185 g/mol. The molecule has 78 valence electrons. The van der Waals surface area contributed by atoms with Gasteiger partial charge < -0.3 is 10.1 Å². The van der Waals surface area contributed by atoms with E-state index in [0.29, 0.717) is 6.04 Å². The molecule has 0 aliphatic heterocycles. The Hall–Kier alpha value is -0.0800. The Morgan fingerprint density at radius 2 is 2.15 bits per heavy atom. The Morgan fingerprint density at radius 1 is 1.38 bits per heavy atom. The van der Waals surface area contributed by atoms with E-state index in [9.17, 15) is 0 Å². The van der Waals surface area contributed by atoms with Crippen LogP contribution >= 0.6 is 0 Å². The minimum absolute atomic E-state index is 0.703. The summed E-state index contributed by atoms with van der Waals surface area (Å²) >= 11 is 0. The van der Waals surface area contributed by atoms with Crippen molar-refractivity contribution in [3.63, 3.8) is 0 Å². The lowest BCUT2D eigenvalue weighted by Crippen LogP contribution is -2.31. The fourth-order valence-corrected chi connectivity index (χ4v) is 1.47. The van der Waals surface area contributed by atoms with E-state index in [1.807, 2.05) is 0 Å². The van der Waals surface area contributed by atoms with E-state index in [1.54, 1.807) is 0 Å². The van der Waals surface area contributed by atoms with Crippen LogP contribution in [0.15, 0.2) is 0 Å². The van der Waals surface area contributed by atoms with Gasteiger partial charge in [0.25, 0.3) is 0 Å². The largest absolute Gasteiger partial charge is 0.380 e. The predicted octanol–water partition coefficient (Wildman–Crippen LogP) is 2.19. The molecule has 0 saturated heterocycles. The molecule has 1 saturated carbocycles. The van der Waals surface area contributed by atoms with Crippen molar-refractivity contribution in [2.24, 2.45) is 5.92 Å². The van der Waals surface area contributed by atoms with Gasteiger partial charge in [0, 0.05) is 19.2 Å². The first-order valence-corrected chi connectivity index (χ1v) is 5.65. The SMILES string of the molecule is CCCCOCCNC(C)C1CC1. The molecule has 0 amide bonds. The van der Waals surface area contributed by atoms with Crippen LogP contribution in [0.1, 0.15) is 39.5 Å². The van der Waals surface area contributed by atoms with Crippen molar-refractivity contribution in [3.8, 4) is 0 Å². The molecule has 1 aliphatic carbocycles. The first-order valence-electron chi connectivity index (χ1n) is 5.65. The third-order valence-corrected chi connectivity index (χ3v) is 2.68. The average Bonchev–Trinajstić information content (AvgIpc) is 2.93. The first-order chi connectivity index (χ1) is 6.34. The second kappa shape index (κ2) is 6.39. The number of ether oxygens (including phenoxy) is 1. The number of rotatable bonds is 8. The Labute approximate surface area is 82.0 Å². The van der Waals surface area contributed by atoms with Crippen molar-refractivity contribution >= 4 is 0 Å². The highest BCUT2D eigenvalue weighted by Crippen LogP contribution is 2.32. The van der Waals surface area contributed by atoms with Gasteiger partial charge >= 0.3 is 0 Å². The van der Waals surface area contributed by atoms with Gasteiger partial charge in [0.1, 0.15) is 0 Å². The summed E-state index contributed by atoms with van der Waals surface area (Å²) in [5, 5.41) is 3.50. The lowest BCUT2D eigenvalue weighted by atomic mass is 10.2. The summed E-state index contributed by atoms with van der Waals surface area (Å²) in [6.07, 6.45) is 5.26. The zero-order valence-corrected chi connectivity index (χ0v) is 9.01. The normalized spacial score (nSPS) is 18.9. The number of nitrogens with one attached hydrogen (secondary N) is 1. The summed E-state index contributed by atoms with van der Waals surface area (Å²) in [5.41, 5.74) is 0. The lowest BCUT2D eigenvalue weighted by molar-refractivity contribution is 0.130. The van der Waals surface area contributed by atoms with E-state index in [2.05, 4.69) is 19.2 Å². The van der Waals surface area contributed by atoms with Gasteiger partial charge in [0.15, 0.2) is 0 Å². The molecule has 1 rings (SSSR count). The second-order valence-corrected chi connectivity index (χ2v) is 4.05. The van der Waals surface area contributed by atoms with E-state index >= 15 is 0 Å². The molecule has 2 heteroatoms. The van der Waals surface area contributed by atoms with Crippen molar-refractivity contribution in [1.82, 2.24) is 5.32 Å². The van der Waals surface area contributed by atoms with Crippen LogP contribution in [0, 0.1) is 5.92 Å². The molecule has 0 aromatic heterocycles. The zero-order chi connectivity index (χ0) is 9.52. The topological polar surface area (TPSA) is 21.3 Å². The fraction of sp³-hybridized carbons (Fsp3) is 1.00. The predicted molar refractivity (Wildman–Crippen MR) is 55.9 cm³/mol. The van der Waals surface area contributed by atoms with Crippen LogP contribution in [0.5, 0.6) is 0 Å². The van der Waals surface area contributed by atoms with Gasteiger partial charge in [-0.2, -0.15) is 0 Å². The second-order valence-electron chi connectivity index (χ2n) is 4.05. The average molecular weight is 185 g/mol. The molecule has 0 aromatic rings. The molecule has 2 nitrogen and oxygen atoms in total. The van der Waals surface area contributed by atoms with Crippen LogP contribution in [-0.2, 0) is 4.74 Å². The molecule has 0 spiro atoms. The maximum atomic E-state index is 5.46. The van der Waals surface area contributed by atoms with Gasteiger partial charge in [-0.05, 0) is 32.1 Å². The highest BCUT2D eigenvalue weighted by atomic mass is 16.5. The Balaban J connectivity index is 1.77.